The van der Waals surface area contributed by atoms with Crippen LogP contribution in [0.3, 0.4) is 0 Å². The average molecular weight is 311 g/mol. The topological polar surface area (TPSA) is 36.7 Å². The number of hydrogen-bond acceptors (Lipinski definition) is 1. The van der Waals surface area contributed by atoms with Crippen LogP contribution in [0.5, 0.6) is 0 Å². The summed E-state index contributed by atoms with van der Waals surface area (Å²) in [6.07, 6.45) is 11.5. The number of hydrogen-bond donors (Lipinski definition) is 1. The Morgan fingerprint density at radius 2 is 2.00 bits per heavy atom. The van der Waals surface area contributed by atoms with Crippen LogP contribution in [0.4, 0.5) is 0 Å². The molecule has 1 aliphatic rings. The Bertz CT molecular complexity index is 368. The molecular weight excluding hydrogens is 274 g/mol. The zero-order chi connectivity index (χ0) is 16.1. The lowest BCUT2D eigenvalue weighted by Gasteiger charge is -2.40. The van der Waals surface area contributed by atoms with Crippen LogP contribution in [0.2, 0.25) is 18.1 Å². The van der Waals surface area contributed by atoms with Crippen LogP contribution < -0.4 is 0 Å². The van der Waals surface area contributed by atoms with Gasteiger partial charge in [-0.3, -0.25) is 0 Å². The van der Waals surface area contributed by atoms with Crippen molar-refractivity contribution in [2.75, 3.05) is 0 Å². The molecule has 0 aromatic carbocycles. The molecule has 1 rings (SSSR count). The Morgan fingerprint density at radius 3 is 2.52 bits per heavy atom. The van der Waals surface area contributed by atoms with E-state index in [9.17, 15) is 0 Å². The highest BCUT2D eigenvalue weighted by molar-refractivity contribution is 6.73. The van der Waals surface area contributed by atoms with Crippen molar-refractivity contribution in [1.82, 2.24) is 0 Å². The van der Waals surface area contributed by atoms with E-state index in [4.69, 9.17) is 9.84 Å². The molecule has 0 heterocycles. The Kier molecular flexibility index (Phi) is 6.86. The van der Waals surface area contributed by atoms with Gasteiger partial charge in [0.05, 0.1) is 0 Å². The van der Waals surface area contributed by atoms with Crippen LogP contribution >= 0.6 is 0 Å². The average Bonchev–Trinajstić information content (AvgIpc) is 2.36. The maximum atomic E-state index is 7.43. The minimum absolute atomic E-state index is 0.325. The van der Waals surface area contributed by atoms with Gasteiger partial charge in [-0.2, -0.15) is 0 Å². The van der Waals surface area contributed by atoms with E-state index in [0.29, 0.717) is 17.1 Å². The van der Waals surface area contributed by atoms with Gasteiger partial charge in [-0.15, -0.1) is 0 Å². The molecule has 1 saturated carbocycles. The fraction of sp³-hybridized carbons (Fsp3) is 0.833. The van der Waals surface area contributed by atoms with Crippen molar-refractivity contribution in [2.45, 2.75) is 90.5 Å². The summed E-state index contributed by atoms with van der Waals surface area (Å²) in [5.41, 5.74) is 1.48. The molecule has 0 unspecified atom stereocenters. The van der Waals surface area contributed by atoms with E-state index >= 15 is 0 Å². The number of rotatable bonds is 6. The second kappa shape index (κ2) is 7.73. The molecule has 0 spiro atoms. The molecule has 1 fully saturated rings. The van der Waals surface area contributed by atoms with Crippen LogP contribution in [0.1, 0.15) is 66.2 Å². The van der Waals surface area contributed by atoms with Gasteiger partial charge in [-0.1, -0.05) is 46.1 Å². The lowest BCUT2D eigenvalue weighted by Crippen LogP contribution is -2.50. The summed E-state index contributed by atoms with van der Waals surface area (Å²) < 4.78 is 5.43. The smallest absolute Gasteiger partial charge is 0.384 e. The quantitative estimate of drug-likeness (QED) is 0.384. The Morgan fingerprint density at radius 1 is 1.33 bits per heavy atom. The van der Waals surface area contributed by atoms with Gasteiger partial charge in [0.1, 0.15) is 6.10 Å². The van der Waals surface area contributed by atoms with Gasteiger partial charge >= 0.3 is 8.32 Å². The molecule has 3 heteroatoms. The SMILES string of the molecule is CCCC[C@H]1/C(=C/C=N)CCC[C@@H]1[OH+][Si](C)(C)C(C)(C)C. The molecule has 0 amide bonds. The Labute approximate surface area is 133 Å². The third-order valence-corrected chi connectivity index (χ3v) is 10.0. The summed E-state index contributed by atoms with van der Waals surface area (Å²) >= 11 is 0. The van der Waals surface area contributed by atoms with Crippen LogP contribution in [-0.2, 0) is 0 Å². The predicted molar refractivity (Wildman–Crippen MR) is 96.9 cm³/mol. The highest BCUT2D eigenvalue weighted by Gasteiger charge is 2.49. The fourth-order valence-electron chi connectivity index (χ4n) is 3.03. The summed E-state index contributed by atoms with van der Waals surface area (Å²) in [5.74, 6) is 0.592. The van der Waals surface area contributed by atoms with Crippen molar-refractivity contribution < 1.29 is 4.43 Å². The van der Waals surface area contributed by atoms with E-state index in [-0.39, 0.29) is 0 Å². The molecule has 2 nitrogen and oxygen atoms in total. The van der Waals surface area contributed by atoms with Gasteiger partial charge in [0, 0.05) is 36.7 Å². The fourth-order valence-corrected chi connectivity index (χ4v) is 4.55. The Hall–Kier alpha value is -0.413. The summed E-state index contributed by atoms with van der Waals surface area (Å²) in [5, 5.41) is 7.75. The minimum atomic E-state index is -1.59. The second-order valence-electron chi connectivity index (χ2n) is 8.05. The normalized spacial score (nSPS) is 26.1. The molecule has 0 bridgehead atoms. The minimum Gasteiger partial charge on any atom is -0.528 e. The third kappa shape index (κ3) is 5.06. The molecular formula is C18H36NOSi+. The molecule has 1 aliphatic carbocycles. The first-order valence-corrected chi connectivity index (χ1v) is 11.6. The van der Waals surface area contributed by atoms with Crippen molar-refractivity contribution in [2.24, 2.45) is 5.92 Å². The number of unbranched alkanes of at least 4 members (excludes halogenated alkanes) is 1. The number of allylic oxidation sites excluding steroid dienone is 1. The lowest BCUT2D eigenvalue weighted by molar-refractivity contribution is -0.0234. The summed E-state index contributed by atoms with van der Waals surface area (Å²) in [6, 6.07) is 0. The van der Waals surface area contributed by atoms with Crippen LogP contribution in [0, 0.1) is 11.3 Å². The van der Waals surface area contributed by atoms with E-state index in [1.54, 1.807) is 0 Å². The second-order valence-corrected chi connectivity index (χ2v) is 12.9. The molecule has 2 atom stereocenters. The van der Waals surface area contributed by atoms with Crippen molar-refractivity contribution in [3.05, 3.63) is 11.6 Å². The maximum Gasteiger partial charge on any atom is 0.384 e. The molecule has 122 valence electrons. The van der Waals surface area contributed by atoms with Gasteiger partial charge in [0.15, 0.2) is 0 Å². The van der Waals surface area contributed by atoms with Crippen LogP contribution in [0.15, 0.2) is 11.6 Å². The lowest BCUT2D eigenvalue weighted by atomic mass is 9.79. The zero-order valence-corrected chi connectivity index (χ0v) is 16.0. The van der Waals surface area contributed by atoms with Crippen molar-refractivity contribution in [3.63, 3.8) is 0 Å². The van der Waals surface area contributed by atoms with E-state index in [1.807, 2.05) is 6.08 Å². The molecule has 0 radical (unpaired) electrons. The summed E-state index contributed by atoms with van der Waals surface area (Å²) in [4.78, 5) is 0. The zero-order valence-electron chi connectivity index (χ0n) is 15.0. The van der Waals surface area contributed by atoms with Gasteiger partial charge in [-0.05, 0) is 25.3 Å². The summed E-state index contributed by atoms with van der Waals surface area (Å²) in [7, 11) is -1.59. The third-order valence-electron chi connectivity index (χ3n) is 5.40. The molecule has 0 aliphatic heterocycles. The van der Waals surface area contributed by atoms with Crippen molar-refractivity contribution in [3.8, 4) is 0 Å². The largest absolute Gasteiger partial charge is 0.528 e. The van der Waals surface area contributed by atoms with E-state index in [2.05, 4.69) is 40.8 Å². The molecule has 2 N–H and O–H groups in total. The predicted octanol–water partition coefficient (Wildman–Crippen LogP) is 5.45. The molecule has 0 aromatic rings. The van der Waals surface area contributed by atoms with Gasteiger partial charge < -0.3 is 9.84 Å². The molecule has 0 saturated heterocycles. The summed E-state index contributed by atoms with van der Waals surface area (Å²) in [6.45, 7) is 14.1. The molecule has 21 heavy (non-hydrogen) atoms. The first-order chi connectivity index (χ1) is 9.73. The number of aliphatic hydroxyl groups is 1. The first kappa shape index (κ1) is 18.6. The monoisotopic (exact) mass is 310 g/mol. The highest BCUT2D eigenvalue weighted by atomic mass is 28.4. The highest BCUT2D eigenvalue weighted by Crippen LogP contribution is 2.41. The van der Waals surface area contributed by atoms with Gasteiger partial charge in [0.2, 0.25) is 0 Å². The van der Waals surface area contributed by atoms with Gasteiger partial charge in [-0.25, -0.2) is 0 Å². The number of nitrogens with one attached hydrogen (secondary N) is 1. The van der Waals surface area contributed by atoms with Crippen LogP contribution in [0.25, 0.3) is 0 Å². The van der Waals surface area contributed by atoms with Gasteiger partial charge in [0.25, 0.3) is 0 Å². The van der Waals surface area contributed by atoms with E-state index in [0.717, 1.165) is 0 Å². The first-order valence-electron chi connectivity index (χ1n) is 8.64. The van der Waals surface area contributed by atoms with E-state index in [1.165, 1.54) is 50.3 Å². The van der Waals surface area contributed by atoms with Crippen molar-refractivity contribution in [1.29, 1.82) is 5.41 Å². The standard InChI is InChI=1S/C18H35NOSi/c1-7-8-11-16-15(13-14-19)10-9-12-17(16)20-21(5,6)18(2,3)4/h13-14,16-17,19H,7-12H2,1-6H3/p+1/b15-13+,19-14?/t16-,17-/m0/s1. The van der Waals surface area contributed by atoms with Crippen molar-refractivity contribution >= 4 is 14.5 Å². The molecule has 0 aromatic heterocycles. The maximum absolute atomic E-state index is 7.43. The van der Waals surface area contributed by atoms with E-state index < -0.39 is 8.32 Å². The Balaban J connectivity index is 2.90. The van der Waals surface area contributed by atoms with Crippen LogP contribution in [-0.4, -0.2) is 25.1 Å².